The Bertz CT molecular complexity index is 1290. The number of aliphatic hydroxyl groups is 1. The molecule has 0 radical (unpaired) electrons. The van der Waals surface area contributed by atoms with Crippen LogP contribution in [0.5, 0.6) is 0 Å². The monoisotopic (exact) mass is 491 g/mol. The highest BCUT2D eigenvalue weighted by atomic mass is 19.1. The highest BCUT2D eigenvalue weighted by Gasteiger charge is 2.33. The van der Waals surface area contributed by atoms with Gasteiger partial charge in [-0.15, -0.1) is 0 Å². The summed E-state index contributed by atoms with van der Waals surface area (Å²) in [7, 11) is 0. The molecular weight excluding hydrogens is 460 g/mol. The summed E-state index contributed by atoms with van der Waals surface area (Å²) in [5, 5.41) is 9.96. The number of carbonyl (C=O) groups is 1. The van der Waals surface area contributed by atoms with Crippen molar-refractivity contribution >= 4 is 17.2 Å². The maximum absolute atomic E-state index is 14.6. The van der Waals surface area contributed by atoms with Crippen LogP contribution in [0.4, 0.5) is 20.2 Å². The lowest BCUT2D eigenvalue weighted by Gasteiger charge is -2.34. The minimum Gasteiger partial charge on any atom is -0.393 e. The van der Waals surface area contributed by atoms with Gasteiger partial charge in [-0.2, -0.15) is 0 Å². The Morgan fingerprint density at radius 3 is 2.44 bits per heavy atom. The fraction of sp³-hybridized carbons (Fsp3) is 0.379. The standard InChI is InChI=1S/C29H31F2N3O2/c1-18-13-19(2)28(26(14-18)33-11-7-22(35)8-12-33)29(36)20-6-10-34(17-20)27-16-32-9-5-24(27)23-4-3-21(30)15-25(23)31/h3-5,9,13-16,20,22,35H,6-8,10-12,17H2,1-2H3. The first-order valence-electron chi connectivity index (χ1n) is 12.5. The predicted octanol–water partition coefficient (Wildman–Crippen LogP) is 5.31. The zero-order valence-electron chi connectivity index (χ0n) is 20.7. The number of pyridine rings is 1. The number of anilines is 2. The summed E-state index contributed by atoms with van der Waals surface area (Å²) >= 11 is 0. The molecule has 0 aliphatic carbocycles. The Balaban J connectivity index is 1.42. The maximum Gasteiger partial charge on any atom is 0.170 e. The van der Waals surface area contributed by atoms with Gasteiger partial charge in [0, 0.05) is 66.7 Å². The van der Waals surface area contributed by atoms with Crippen LogP contribution < -0.4 is 9.80 Å². The highest BCUT2D eigenvalue weighted by molar-refractivity contribution is 6.05. The van der Waals surface area contributed by atoms with Crippen molar-refractivity contribution < 1.29 is 18.7 Å². The van der Waals surface area contributed by atoms with Crippen molar-refractivity contribution in [3.05, 3.63) is 77.1 Å². The molecule has 2 aromatic carbocycles. The molecule has 1 N–H and O–H groups in total. The number of rotatable bonds is 5. The number of benzene rings is 2. The van der Waals surface area contributed by atoms with Gasteiger partial charge in [-0.1, -0.05) is 6.07 Å². The Morgan fingerprint density at radius 1 is 0.944 bits per heavy atom. The molecule has 188 valence electrons. The minimum absolute atomic E-state index is 0.120. The van der Waals surface area contributed by atoms with Crippen molar-refractivity contribution in [3.8, 4) is 11.1 Å². The molecule has 0 bridgehead atoms. The van der Waals surface area contributed by atoms with E-state index in [1.165, 1.54) is 12.1 Å². The van der Waals surface area contributed by atoms with Crippen LogP contribution in [-0.4, -0.2) is 48.2 Å². The second kappa shape index (κ2) is 9.97. The van der Waals surface area contributed by atoms with Crippen LogP contribution in [0.25, 0.3) is 11.1 Å². The number of hydrogen-bond donors (Lipinski definition) is 1. The molecule has 2 aliphatic rings. The van der Waals surface area contributed by atoms with Crippen molar-refractivity contribution in [2.75, 3.05) is 36.0 Å². The molecule has 3 aromatic rings. The molecule has 7 heteroatoms. The zero-order chi connectivity index (χ0) is 25.4. The summed E-state index contributed by atoms with van der Waals surface area (Å²) in [5.41, 5.74) is 5.49. The fourth-order valence-electron chi connectivity index (χ4n) is 5.59. The summed E-state index contributed by atoms with van der Waals surface area (Å²) in [4.78, 5) is 22.5. The molecule has 36 heavy (non-hydrogen) atoms. The van der Waals surface area contributed by atoms with Crippen molar-refractivity contribution in [2.45, 2.75) is 39.2 Å². The van der Waals surface area contributed by atoms with Crippen LogP contribution in [0, 0.1) is 31.4 Å². The molecule has 0 saturated carbocycles. The number of Topliss-reactive ketones (excluding diaryl/α,β-unsaturated/α-hetero) is 1. The molecule has 2 aliphatic heterocycles. The number of carbonyl (C=O) groups excluding carboxylic acids is 1. The Labute approximate surface area is 210 Å². The number of piperidine rings is 1. The lowest BCUT2D eigenvalue weighted by atomic mass is 9.90. The first kappa shape index (κ1) is 24.4. The highest BCUT2D eigenvalue weighted by Crippen LogP contribution is 2.37. The van der Waals surface area contributed by atoms with E-state index >= 15 is 0 Å². The smallest absolute Gasteiger partial charge is 0.170 e. The molecular formula is C29H31F2N3O2. The third-order valence-electron chi connectivity index (χ3n) is 7.43. The van der Waals surface area contributed by atoms with Crippen LogP contribution >= 0.6 is 0 Å². The summed E-state index contributed by atoms with van der Waals surface area (Å²) < 4.78 is 28.1. The topological polar surface area (TPSA) is 56.7 Å². The number of aliphatic hydroxyl groups excluding tert-OH is 1. The van der Waals surface area contributed by atoms with Gasteiger partial charge in [-0.25, -0.2) is 8.78 Å². The van der Waals surface area contributed by atoms with Gasteiger partial charge >= 0.3 is 0 Å². The van der Waals surface area contributed by atoms with Crippen LogP contribution in [-0.2, 0) is 0 Å². The predicted molar refractivity (Wildman–Crippen MR) is 138 cm³/mol. The molecule has 0 amide bonds. The molecule has 2 fully saturated rings. The molecule has 5 rings (SSSR count). The molecule has 5 nitrogen and oxygen atoms in total. The van der Waals surface area contributed by atoms with E-state index in [0.29, 0.717) is 43.5 Å². The van der Waals surface area contributed by atoms with Crippen molar-refractivity contribution in [1.82, 2.24) is 4.98 Å². The molecule has 1 atom stereocenters. The lowest BCUT2D eigenvalue weighted by molar-refractivity contribution is 0.0931. The lowest BCUT2D eigenvalue weighted by Crippen LogP contribution is -2.37. The molecule has 2 saturated heterocycles. The molecule has 1 unspecified atom stereocenters. The van der Waals surface area contributed by atoms with E-state index in [1.54, 1.807) is 18.5 Å². The van der Waals surface area contributed by atoms with Gasteiger partial charge < -0.3 is 14.9 Å². The Kier molecular flexibility index (Phi) is 6.75. The largest absolute Gasteiger partial charge is 0.393 e. The number of nitrogens with zero attached hydrogens (tertiary/aromatic N) is 3. The quantitative estimate of drug-likeness (QED) is 0.490. The van der Waals surface area contributed by atoms with Crippen molar-refractivity contribution in [3.63, 3.8) is 0 Å². The summed E-state index contributed by atoms with van der Waals surface area (Å²) in [6, 6.07) is 9.45. The zero-order valence-corrected chi connectivity index (χ0v) is 20.7. The number of aryl methyl sites for hydroxylation is 2. The second-order valence-corrected chi connectivity index (χ2v) is 10.0. The van der Waals surface area contributed by atoms with Gasteiger partial charge in [0.15, 0.2) is 5.78 Å². The summed E-state index contributed by atoms with van der Waals surface area (Å²) in [6.07, 6.45) is 5.08. The SMILES string of the molecule is Cc1cc(C)c(C(=O)C2CCN(c3cnccc3-c3ccc(F)cc3F)C2)c(N2CCC(O)CC2)c1. The first-order valence-corrected chi connectivity index (χ1v) is 12.5. The fourth-order valence-corrected chi connectivity index (χ4v) is 5.59. The third kappa shape index (κ3) is 4.72. The molecule has 3 heterocycles. The number of hydrogen-bond acceptors (Lipinski definition) is 5. The average molecular weight is 492 g/mol. The van der Waals surface area contributed by atoms with E-state index in [0.717, 1.165) is 47.2 Å². The van der Waals surface area contributed by atoms with Gasteiger partial charge in [0.25, 0.3) is 0 Å². The van der Waals surface area contributed by atoms with Crippen LogP contribution in [0.2, 0.25) is 0 Å². The van der Waals surface area contributed by atoms with E-state index in [2.05, 4.69) is 26.9 Å². The van der Waals surface area contributed by atoms with Gasteiger partial charge in [-0.3, -0.25) is 9.78 Å². The van der Waals surface area contributed by atoms with Gasteiger partial charge in [0.1, 0.15) is 11.6 Å². The van der Waals surface area contributed by atoms with Gasteiger partial charge in [0.05, 0.1) is 18.0 Å². The summed E-state index contributed by atoms with van der Waals surface area (Å²) in [5.74, 6) is -1.33. The normalized spacial score (nSPS) is 18.6. The molecule has 1 aromatic heterocycles. The van der Waals surface area contributed by atoms with Crippen LogP contribution in [0.15, 0.2) is 48.8 Å². The first-order chi connectivity index (χ1) is 17.3. The number of aromatic nitrogens is 1. The van der Waals surface area contributed by atoms with E-state index in [1.807, 2.05) is 13.8 Å². The van der Waals surface area contributed by atoms with E-state index in [4.69, 9.17) is 0 Å². The second-order valence-electron chi connectivity index (χ2n) is 10.0. The number of halogens is 2. The number of ketones is 1. The van der Waals surface area contributed by atoms with E-state index in [9.17, 15) is 18.7 Å². The van der Waals surface area contributed by atoms with Gasteiger partial charge in [0.2, 0.25) is 0 Å². The summed E-state index contributed by atoms with van der Waals surface area (Å²) in [6.45, 7) is 6.64. The minimum atomic E-state index is -0.624. The van der Waals surface area contributed by atoms with E-state index in [-0.39, 0.29) is 17.8 Å². The van der Waals surface area contributed by atoms with E-state index < -0.39 is 11.6 Å². The average Bonchev–Trinajstić information content (AvgIpc) is 3.34. The van der Waals surface area contributed by atoms with Crippen LogP contribution in [0.3, 0.4) is 0 Å². The van der Waals surface area contributed by atoms with Crippen molar-refractivity contribution in [2.24, 2.45) is 5.92 Å². The molecule has 0 spiro atoms. The third-order valence-corrected chi connectivity index (χ3v) is 7.43. The van der Waals surface area contributed by atoms with Crippen molar-refractivity contribution in [1.29, 1.82) is 0 Å². The Morgan fingerprint density at radius 2 is 1.69 bits per heavy atom. The van der Waals surface area contributed by atoms with Crippen LogP contribution in [0.1, 0.15) is 40.7 Å². The maximum atomic E-state index is 14.6. The Hall–Kier alpha value is -3.32. The van der Waals surface area contributed by atoms with Gasteiger partial charge in [-0.05, 0) is 68.5 Å².